The fourth-order valence-corrected chi connectivity index (χ4v) is 3.49. The summed E-state index contributed by atoms with van der Waals surface area (Å²) in [7, 11) is 0. The molecule has 136 valence electrons. The number of fused-ring (bicyclic) bond motifs is 5. The third-order valence-electron chi connectivity index (χ3n) is 4.54. The number of aromatic nitrogens is 1. The number of azide groups is 1. The molecule has 6 nitrogen and oxygen atoms in total. The number of hydrogen-bond donors (Lipinski definition) is 0. The van der Waals surface area contributed by atoms with Crippen molar-refractivity contribution in [3.63, 3.8) is 0 Å². The molecule has 1 aliphatic rings. The molecule has 3 aromatic rings. The van der Waals surface area contributed by atoms with Crippen molar-refractivity contribution >= 4 is 16.6 Å². The van der Waals surface area contributed by atoms with Crippen molar-refractivity contribution in [1.29, 1.82) is 0 Å². The Bertz CT molecular complexity index is 1120. The standard InChI is InChI=1S/C19H14N4O2.C2H6/c20-22-21-10-5-11-23-17-13-7-2-3-8-14(13)18(24)16(17)12-6-1-4-9-15(12)19(23)25;1-2/h1-4,6-9H,5,10-11H2;1-2H3. The van der Waals surface area contributed by atoms with Crippen LogP contribution in [0.5, 0.6) is 0 Å². The highest BCUT2D eigenvalue weighted by Crippen LogP contribution is 2.39. The molecule has 4 rings (SSSR count). The molecule has 0 aliphatic heterocycles. The number of ketones is 1. The van der Waals surface area contributed by atoms with Crippen LogP contribution in [-0.2, 0) is 6.54 Å². The average Bonchev–Trinajstić information content (AvgIpc) is 3.02. The van der Waals surface area contributed by atoms with Crippen LogP contribution < -0.4 is 5.56 Å². The maximum Gasteiger partial charge on any atom is 0.258 e. The zero-order valence-corrected chi connectivity index (χ0v) is 15.3. The lowest BCUT2D eigenvalue weighted by molar-refractivity contribution is 0.104. The highest BCUT2D eigenvalue weighted by atomic mass is 16.1. The fraction of sp³-hybridized carbons (Fsp3) is 0.238. The summed E-state index contributed by atoms with van der Waals surface area (Å²) >= 11 is 0. The molecule has 0 radical (unpaired) electrons. The topological polar surface area (TPSA) is 87.8 Å². The van der Waals surface area contributed by atoms with Gasteiger partial charge in [-0.25, -0.2) is 0 Å². The smallest absolute Gasteiger partial charge is 0.258 e. The largest absolute Gasteiger partial charge is 0.307 e. The Balaban J connectivity index is 0.00000102. The maximum absolute atomic E-state index is 13.0. The van der Waals surface area contributed by atoms with Gasteiger partial charge in [-0.15, -0.1) is 0 Å². The SMILES string of the molecule is CC.[N-]=[N+]=NCCCn1c2c(c3ccccc3c1=O)C(=O)c1ccccc1-2. The van der Waals surface area contributed by atoms with Crippen LogP contribution in [0.3, 0.4) is 0 Å². The quantitative estimate of drug-likeness (QED) is 0.223. The van der Waals surface area contributed by atoms with Crippen molar-refractivity contribution in [2.45, 2.75) is 26.8 Å². The summed E-state index contributed by atoms with van der Waals surface area (Å²) in [6.45, 7) is 4.70. The van der Waals surface area contributed by atoms with E-state index < -0.39 is 0 Å². The van der Waals surface area contributed by atoms with Crippen LogP contribution in [0.1, 0.15) is 36.2 Å². The van der Waals surface area contributed by atoms with E-state index in [1.807, 2.05) is 44.2 Å². The van der Waals surface area contributed by atoms with E-state index in [2.05, 4.69) is 10.0 Å². The van der Waals surface area contributed by atoms with Crippen LogP contribution in [0.25, 0.3) is 32.5 Å². The lowest BCUT2D eigenvalue weighted by Gasteiger charge is -2.14. The maximum atomic E-state index is 13.0. The van der Waals surface area contributed by atoms with Gasteiger partial charge in [-0.3, -0.25) is 9.59 Å². The average molecular weight is 360 g/mol. The van der Waals surface area contributed by atoms with Gasteiger partial charge >= 0.3 is 0 Å². The summed E-state index contributed by atoms with van der Waals surface area (Å²) in [6, 6.07) is 14.6. The number of carbonyl (C=O) groups excluding carboxylic acids is 1. The zero-order chi connectivity index (χ0) is 19.4. The molecule has 1 aromatic heterocycles. The van der Waals surface area contributed by atoms with E-state index in [4.69, 9.17) is 5.53 Å². The Morgan fingerprint density at radius 3 is 2.30 bits per heavy atom. The minimum atomic E-state index is -0.125. The molecular formula is C21H20N4O2. The Morgan fingerprint density at radius 1 is 0.963 bits per heavy atom. The van der Waals surface area contributed by atoms with Crippen molar-refractivity contribution in [2.24, 2.45) is 5.11 Å². The van der Waals surface area contributed by atoms with Crippen LogP contribution in [0, 0.1) is 0 Å². The van der Waals surface area contributed by atoms with E-state index in [-0.39, 0.29) is 11.3 Å². The van der Waals surface area contributed by atoms with Crippen molar-refractivity contribution < 1.29 is 4.79 Å². The normalized spacial score (nSPS) is 11.3. The summed E-state index contributed by atoms with van der Waals surface area (Å²) in [5.41, 5.74) is 11.0. The fourth-order valence-electron chi connectivity index (χ4n) is 3.49. The summed E-state index contributed by atoms with van der Waals surface area (Å²) in [6.07, 6.45) is 0.533. The van der Waals surface area contributed by atoms with E-state index in [1.165, 1.54) is 0 Å². The van der Waals surface area contributed by atoms with E-state index in [1.54, 1.807) is 22.8 Å². The van der Waals surface area contributed by atoms with Gasteiger partial charge in [-0.1, -0.05) is 61.4 Å². The first kappa shape index (κ1) is 18.4. The van der Waals surface area contributed by atoms with Gasteiger partial charge in [0.05, 0.1) is 11.3 Å². The molecule has 0 bridgehead atoms. The first-order valence-corrected chi connectivity index (χ1v) is 9.04. The number of nitrogens with zero attached hydrogens (tertiary/aromatic N) is 4. The molecule has 27 heavy (non-hydrogen) atoms. The highest BCUT2D eigenvalue weighted by Gasteiger charge is 2.31. The second-order valence-corrected chi connectivity index (χ2v) is 5.91. The molecule has 1 aliphatic carbocycles. The van der Waals surface area contributed by atoms with E-state index in [9.17, 15) is 9.59 Å². The molecule has 0 unspecified atom stereocenters. The van der Waals surface area contributed by atoms with Gasteiger partial charge in [0.15, 0.2) is 5.78 Å². The van der Waals surface area contributed by atoms with Crippen LogP contribution in [0.2, 0.25) is 0 Å². The molecule has 1 heterocycles. The van der Waals surface area contributed by atoms with Crippen LogP contribution >= 0.6 is 0 Å². The Kier molecular flexibility index (Phi) is 5.38. The molecule has 0 spiro atoms. The number of rotatable bonds is 4. The number of benzene rings is 2. The molecule has 0 amide bonds. The monoisotopic (exact) mass is 360 g/mol. The van der Waals surface area contributed by atoms with Gasteiger partial charge in [0.25, 0.3) is 5.56 Å². The Hall–Kier alpha value is -3.37. The Morgan fingerprint density at radius 2 is 1.59 bits per heavy atom. The van der Waals surface area contributed by atoms with E-state index >= 15 is 0 Å². The van der Waals surface area contributed by atoms with Crippen LogP contribution in [0.4, 0.5) is 0 Å². The summed E-state index contributed by atoms with van der Waals surface area (Å²) < 4.78 is 1.65. The molecular weight excluding hydrogens is 340 g/mol. The highest BCUT2D eigenvalue weighted by molar-refractivity contribution is 6.26. The van der Waals surface area contributed by atoms with Crippen LogP contribution in [-0.4, -0.2) is 16.9 Å². The van der Waals surface area contributed by atoms with Gasteiger partial charge in [0.2, 0.25) is 0 Å². The van der Waals surface area contributed by atoms with Gasteiger partial charge in [-0.05, 0) is 18.0 Å². The predicted molar refractivity (Wildman–Crippen MR) is 107 cm³/mol. The molecule has 6 heteroatoms. The second kappa shape index (κ2) is 7.89. The van der Waals surface area contributed by atoms with Gasteiger partial charge < -0.3 is 4.57 Å². The minimum Gasteiger partial charge on any atom is -0.307 e. The predicted octanol–water partition coefficient (Wildman–Crippen LogP) is 4.94. The van der Waals surface area contributed by atoms with Crippen LogP contribution in [0.15, 0.2) is 58.4 Å². The molecule has 0 atom stereocenters. The van der Waals surface area contributed by atoms with Gasteiger partial charge in [0, 0.05) is 39.9 Å². The third-order valence-corrected chi connectivity index (χ3v) is 4.54. The lowest BCUT2D eigenvalue weighted by atomic mass is 10.0. The molecule has 0 fully saturated rings. The lowest BCUT2D eigenvalue weighted by Crippen LogP contribution is -2.23. The molecule has 2 aromatic carbocycles. The number of hydrogen-bond acceptors (Lipinski definition) is 3. The first-order valence-electron chi connectivity index (χ1n) is 9.04. The van der Waals surface area contributed by atoms with E-state index in [0.717, 1.165) is 5.56 Å². The number of carbonyl (C=O) groups is 1. The molecule has 0 saturated heterocycles. The Labute approximate surface area is 156 Å². The van der Waals surface area contributed by atoms with Gasteiger partial charge in [-0.2, -0.15) is 0 Å². The first-order chi connectivity index (χ1) is 13.2. The summed E-state index contributed by atoms with van der Waals surface area (Å²) in [4.78, 5) is 28.7. The summed E-state index contributed by atoms with van der Waals surface area (Å²) in [5.74, 6) is -0.0504. The van der Waals surface area contributed by atoms with Crippen molar-refractivity contribution in [3.05, 3.63) is 80.5 Å². The third kappa shape index (κ3) is 3.00. The molecule has 0 N–H and O–H groups in total. The van der Waals surface area contributed by atoms with E-state index in [0.29, 0.717) is 47.1 Å². The van der Waals surface area contributed by atoms with Crippen molar-refractivity contribution in [3.8, 4) is 11.3 Å². The second-order valence-electron chi connectivity index (χ2n) is 5.91. The molecule has 0 saturated carbocycles. The zero-order valence-electron chi connectivity index (χ0n) is 15.3. The van der Waals surface area contributed by atoms with Crippen molar-refractivity contribution in [1.82, 2.24) is 4.57 Å². The van der Waals surface area contributed by atoms with Gasteiger partial charge in [0.1, 0.15) is 0 Å². The summed E-state index contributed by atoms with van der Waals surface area (Å²) in [5, 5.41) is 4.75. The van der Waals surface area contributed by atoms with Crippen molar-refractivity contribution in [2.75, 3.05) is 6.54 Å². The number of pyridine rings is 1. The minimum absolute atomic E-state index is 0.0504.